The van der Waals surface area contributed by atoms with Crippen LogP contribution in [0.3, 0.4) is 0 Å². The lowest BCUT2D eigenvalue weighted by Crippen LogP contribution is -2.18. The Morgan fingerprint density at radius 1 is 1.05 bits per heavy atom. The van der Waals surface area contributed by atoms with Crippen molar-refractivity contribution in [2.75, 3.05) is 13.2 Å². The summed E-state index contributed by atoms with van der Waals surface area (Å²) in [7, 11) is 0. The van der Waals surface area contributed by atoms with Crippen LogP contribution in [0.2, 0.25) is 0 Å². The quantitative estimate of drug-likeness (QED) is 0.342. The molecule has 0 radical (unpaired) electrons. The fourth-order valence-electron chi connectivity index (χ4n) is 1.40. The first-order chi connectivity index (χ1) is 9.19. The molecule has 0 aliphatic carbocycles. The first-order valence-electron chi connectivity index (χ1n) is 6.30. The predicted molar refractivity (Wildman–Crippen MR) is 72.3 cm³/mol. The minimum Gasteiger partial charge on any atom is -0.462 e. The molecule has 0 atom stereocenters. The van der Waals surface area contributed by atoms with Gasteiger partial charge in [-0.1, -0.05) is 37.3 Å². The average Bonchev–Trinajstić information content (AvgIpc) is 2.43. The molecular formula is C15H18O4. The van der Waals surface area contributed by atoms with Crippen LogP contribution in [-0.4, -0.2) is 25.2 Å². The zero-order valence-corrected chi connectivity index (χ0v) is 11.2. The maximum absolute atomic E-state index is 11.8. The van der Waals surface area contributed by atoms with Crippen molar-refractivity contribution in [2.45, 2.75) is 20.3 Å². The predicted octanol–water partition coefficient (Wildman–Crippen LogP) is 2.59. The van der Waals surface area contributed by atoms with Gasteiger partial charge in [0.05, 0.1) is 13.2 Å². The highest BCUT2D eigenvalue weighted by molar-refractivity contribution is 6.17. The first-order valence-corrected chi connectivity index (χ1v) is 6.30. The smallest absolute Gasteiger partial charge is 0.345 e. The molecule has 1 aromatic carbocycles. The molecule has 0 amide bonds. The Kier molecular flexibility index (Phi) is 6.36. The van der Waals surface area contributed by atoms with Gasteiger partial charge in [-0.15, -0.1) is 0 Å². The van der Waals surface area contributed by atoms with Crippen molar-refractivity contribution in [2.24, 2.45) is 0 Å². The van der Waals surface area contributed by atoms with E-state index >= 15 is 0 Å². The number of benzene rings is 1. The van der Waals surface area contributed by atoms with Gasteiger partial charge in [-0.3, -0.25) is 0 Å². The molecular weight excluding hydrogens is 244 g/mol. The van der Waals surface area contributed by atoms with E-state index in [1.54, 1.807) is 19.1 Å². The van der Waals surface area contributed by atoms with Crippen LogP contribution in [-0.2, 0) is 19.1 Å². The summed E-state index contributed by atoms with van der Waals surface area (Å²) < 4.78 is 9.85. The van der Waals surface area contributed by atoms with E-state index in [0.717, 1.165) is 5.56 Å². The zero-order valence-electron chi connectivity index (χ0n) is 11.2. The standard InChI is InChI=1S/C15H18O4/c1-3-10-19-15(17)13(14(16)18-4-2)11-12-8-6-5-7-9-12/h5-9,11H,3-4,10H2,1-2H3. The Balaban J connectivity index is 2.95. The molecule has 0 unspecified atom stereocenters. The molecule has 0 fully saturated rings. The van der Waals surface area contributed by atoms with Gasteiger partial charge in [-0.25, -0.2) is 9.59 Å². The molecule has 4 nitrogen and oxygen atoms in total. The highest BCUT2D eigenvalue weighted by Crippen LogP contribution is 2.10. The number of hydrogen-bond donors (Lipinski definition) is 0. The molecule has 4 heteroatoms. The highest BCUT2D eigenvalue weighted by atomic mass is 16.6. The zero-order chi connectivity index (χ0) is 14.1. The van der Waals surface area contributed by atoms with Crippen molar-refractivity contribution in [3.63, 3.8) is 0 Å². The highest BCUT2D eigenvalue weighted by Gasteiger charge is 2.20. The Bertz CT molecular complexity index is 448. The van der Waals surface area contributed by atoms with Crippen molar-refractivity contribution in [3.8, 4) is 0 Å². The molecule has 1 rings (SSSR count). The van der Waals surface area contributed by atoms with Gasteiger partial charge in [0.2, 0.25) is 0 Å². The molecule has 19 heavy (non-hydrogen) atoms. The van der Waals surface area contributed by atoms with Gasteiger partial charge in [0.15, 0.2) is 0 Å². The molecule has 0 aliphatic heterocycles. The van der Waals surface area contributed by atoms with E-state index in [9.17, 15) is 9.59 Å². The Hall–Kier alpha value is -2.10. The third kappa shape index (κ3) is 4.95. The summed E-state index contributed by atoms with van der Waals surface area (Å²) in [5.41, 5.74) is 0.667. The van der Waals surface area contributed by atoms with Gasteiger partial charge in [0.1, 0.15) is 5.57 Å². The van der Waals surface area contributed by atoms with E-state index in [1.165, 1.54) is 6.08 Å². The van der Waals surface area contributed by atoms with Crippen molar-refractivity contribution >= 4 is 18.0 Å². The molecule has 1 aromatic rings. The number of esters is 2. The van der Waals surface area contributed by atoms with Crippen LogP contribution in [0, 0.1) is 0 Å². The molecule has 102 valence electrons. The van der Waals surface area contributed by atoms with Gasteiger partial charge in [-0.2, -0.15) is 0 Å². The Morgan fingerprint density at radius 2 is 1.68 bits per heavy atom. The van der Waals surface area contributed by atoms with E-state index < -0.39 is 11.9 Å². The summed E-state index contributed by atoms with van der Waals surface area (Å²) >= 11 is 0. The molecule has 0 saturated heterocycles. The van der Waals surface area contributed by atoms with Gasteiger partial charge < -0.3 is 9.47 Å². The fourth-order valence-corrected chi connectivity index (χ4v) is 1.40. The normalized spacial score (nSPS) is 10.9. The maximum Gasteiger partial charge on any atom is 0.345 e. The third-order valence-electron chi connectivity index (χ3n) is 2.26. The molecule has 0 saturated carbocycles. The van der Waals surface area contributed by atoms with Crippen LogP contribution in [0.15, 0.2) is 35.9 Å². The molecule has 0 heterocycles. The van der Waals surface area contributed by atoms with Crippen molar-refractivity contribution in [1.82, 2.24) is 0 Å². The summed E-state index contributed by atoms with van der Waals surface area (Å²) in [6.07, 6.45) is 2.18. The van der Waals surface area contributed by atoms with E-state index in [0.29, 0.717) is 6.42 Å². The van der Waals surface area contributed by atoms with E-state index in [1.807, 2.05) is 25.1 Å². The largest absolute Gasteiger partial charge is 0.462 e. The minimum atomic E-state index is -0.660. The van der Waals surface area contributed by atoms with Gasteiger partial charge >= 0.3 is 11.9 Å². The third-order valence-corrected chi connectivity index (χ3v) is 2.26. The minimum absolute atomic E-state index is 0.0819. The second-order valence-electron chi connectivity index (χ2n) is 3.83. The van der Waals surface area contributed by atoms with Crippen molar-refractivity contribution in [3.05, 3.63) is 41.5 Å². The van der Waals surface area contributed by atoms with Crippen molar-refractivity contribution in [1.29, 1.82) is 0 Å². The fraction of sp³-hybridized carbons (Fsp3) is 0.333. The summed E-state index contributed by atoms with van der Waals surface area (Å²) in [4.78, 5) is 23.6. The average molecular weight is 262 g/mol. The molecule has 0 aliphatic rings. The Morgan fingerprint density at radius 3 is 2.26 bits per heavy atom. The number of rotatable bonds is 6. The number of ether oxygens (including phenoxy) is 2. The monoisotopic (exact) mass is 262 g/mol. The second-order valence-corrected chi connectivity index (χ2v) is 3.83. The number of hydrogen-bond acceptors (Lipinski definition) is 4. The van der Waals surface area contributed by atoms with E-state index in [2.05, 4.69) is 0 Å². The van der Waals surface area contributed by atoms with Crippen LogP contribution in [0.5, 0.6) is 0 Å². The number of carbonyl (C=O) groups is 2. The molecule has 0 N–H and O–H groups in total. The van der Waals surface area contributed by atoms with Crippen LogP contribution in [0.25, 0.3) is 6.08 Å². The topological polar surface area (TPSA) is 52.6 Å². The summed E-state index contributed by atoms with van der Waals surface area (Å²) in [6, 6.07) is 9.10. The van der Waals surface area contributed by atoms with Crippen LogP contribution in [0.4, 0.5) is 0 Å². The van der Waals surface area contributed by atoms with Crippen molar-refractivity contribution < 1.29 is 19.1 Å². The van der Waals surface area contributed by atoms with Crippen LogP contribution < -0.4 is 0 Å². The Labute approximate surface area is 113 Å². The second kappa shape index (κ2) is 8.08. The summed E-state index contributed by atoms with van der Waals surface area (Å²) in [6.45, 7) is 4.07. The lowest BCUT2D eigenvalue weighted by molar-refractivity contribution is -0.146. The van der Waals surface area contributed by atoms with Crippen LogP contribution in [0.1, 0.15) is 25.8 Å². The maximum atomic E-state index is 11.8. The number of carbonyl (C=O) groups excluding carboxylic acids is 2. The summed E-state index contributed by atoms with van der Waals surface area (Å²) in [5.74, 6) is -1.31. The lowest BCUT2D eigenvalue weighted by Gasteiger charge is -2.07. The summed E-state index contributed by atoms with van der Waals surface area (Å²) in [5, 5.41) is 0. The lowest BCUT2D eigenvalue weighted by atomic mass is 10.1. The molecule has 0 spiro atoms. The SMILES string of the molecule is CCCOC(=O)C(=Cc1ccccc1)C(=O)OCC. The first kappa shape index (κ1) is 15.0. The van der Waals surface area contributed by atoms with Gasteiger partial charge in [0.25, 0.3) is 0 Å². The van der Waals surface area contributed by atoms with E-state index in [4.69, 9.17) is 9.47 Å². The van der Waals surface area contributed by atoms with Crippen LogP contribution >= 0.6 is 0 Å². The van der Waals surface area contributed by atoms with Gasteiger partial charge in [-0.05, 0) is 25.0 Å². The molecule has 0 aromatic heterocycles. The molecule has 0 bridgehead atoms. The van der Waals surface area contributed by atoms with E-state index in [-0.39, 0.29) is 18.8 Å². The van der Waals surface area contributed by atoms with Gasteiger partial charge in [0, 0.05) is 0 Å².